The summed E-state index contributed by atoms with van der Waals surface area (Å²) in [5.74, 6) is -0.748. The molecule has 2 fully saturated rings. The highest BCUT2D eigenvalue weighted by Crippen LogP contribution is 2.25. The third kappa shape index (κ3) is 5.20. The second-order valence-corrected chi connectivity index (χ2v) is 8.06. The Hall–Kier alpha value is -3.72. The van der Waals surface area contributed by atoms with Gasteiger partial charge in [-0.1, -0.05) is 36.4 Å². The van der Waals surface area contributed by atoms with Crippen LogP contribution in [0.5, 0.6) is 0 Å². The van der Waals surface area contributed by atoms with E-state index in [1.165, 1.54) is 6.92 Å². The molecule has 0 aromatic heterocycles. The van der Waals surface area contributed by atoms with Gasteiger partial charge in [0.15, 0.2) is 0 Å². The summed E-state index contributed by atoms with van der Waals surface area (Å²) in [7, 11) is 0. The normalized spacial score (nSPS) is 20.5. The van der Waals surface area contributed by atoms with E-state index in [0.29, 0.717) is 31.1 Å². The molecule has 9 heteroatoms. The zero-order chi connectivity index (χ0) is 23.4. The van der Waals surface area contributed by atoms with E-state index in [-0.39, 0.29) is 30.8 Å². The minimum Gasteiger partial charge on any atom is -0.370 e. The van der Waals surface area contributed by atoms with Crippen molar-refractivity contribution in [3.63, 3.8) is 0 Å². The van der Waals surface area contributed by atoms with Crippen LogP contribution >= 0.6 is 0 Å². The van der Waals surface area contributed by atoms with E-state index >= 15 is 0 Å². The number of nitrogens with zero attached hydrogens (tertiary/aromatic N) is 2. The standard InChI is InChI=1S/C24H26N4O5/c1-16(29)25-18-8-5-9-19(14-18)28-23(31)20(26-24(28)32)10-11-22(30)27-12-13-33-21(15-27)17-6-3-2-4-7-17/h2-9,14,20-21H,10-13,15H2,1H3,(H,25,29)(H,26,32)/t20-,21-/m1/s1. The maximum atomic E-state index is 12.9. The van der Waals surface area contributed by atoms with Gasteiger partial charge in [0.25, 0.3) is 5.91 Å². The first-order valence-electron chi connectivity index (χ1n) is 10.9. The van der Waals surface area contributed by atoms with E-state index in [9.17, 15) is 19.2 Å². The van der Waals surface area contributed by atoms with Gasteiger partial charge in [-0.2, -0.15) is 0 Å². The number of amides is 5. The van der Waals surface area contributed by atoms with E-state index in [0.717, 1.165) is 10.5 Å². The number of ether oxygens (including phenoxy) is 1. The number of benzene rings is 2. The molecule has 2 heterocycles. The lowest BCUT2D eigenvalue weighted by molar-refractivity contribution is -0.139. The Bertz CT molecular complexity index is 1060. The molecule has 5 amide bonds. The summed E-state index contributed by atoms with van der Waals surface area (Å²) in [5, 5.41) is 5.29. The highest BCUT2D eigenvalue weighted by molar-refractivity contribution is 6.21. The number of anilines is 2. The van der Waals surface area contributed by atoms with E-state index < -0.39 is 18.0 Å². The second-order valence-electron chi connectivity index (χ2n) is 8.06. The summed E-state index contributed by atoms with van der Waals surface area (Å²) in [6.45, 7) is 2.78. The first kappa shape index (κ1) is 22.5. The molecule has 172 valence electrons. The van der Waals surface area contributed by atoms with Crippen LogP contribution < -0.4 is 15.5 Å². The van der Waals surface area contributed by atoms with Gasteiger partial charge >= 0.3 is 6.03 Å². The third-order valence-electron chi connectivity index (χ3n) is 5.68. The fraction of sp³-hybridized carbons (Fsp3) is 0.333. The predicted octanol–water partition coefficient (Wildman–Crippen LogP) is 2.45. The molecule has 0 spiro atoms. The molecule has 2 aliphatic rings. The topological polar surface area (TPSA) is 108 Å². The van der Waals surface area contributed by atoms with Crippen LogP contribution in [0.25, 0.3) is 0 Å². The van der Waals surface area contributed by atoms with Gasteiger partial charge in [-0.25, -0.2) is 9.69 Å². The van der Waals surface area contributed by atoms with Crippen LogP contribution in [0.2, 0.25) is 0 Å². The molecule has 0 unspecified atom stereocenters. The summed E-state index contributed by atoms with van der Waals surface area (Å²) in [4.78, 5) is 52.2. The fourth-order valence-electron chi connectivity index (χ4n) is 4.07. The lowest BCUT2D eigenvalue weighted by Gasteiger charge is -2.33. The van der Waals surface area contributed by atoms with Gasteiger partial charge in [-0.3, -0.25) is 14.4 Å². The Kier molecular flexibility index (Phi) is 6.69. The highest BCUT2D eigenvalue weighted by Gasteiger charge is 2.39. The highest BCUT2D eigenvalue weighted by atomic mass is 16.5. The molecule has 2 atom stereocenters. The van der Waals surface area contributed by atoms with E-state index in [1.54, 1.807) is 29.2 Å². The zero-order valence-electron chi connectivity index (χ0n) is 18.3. The first-order chi connectivity index (χ1) is 15.9. The molecule has 0 bridgehead atoms. The van der Waals surface area contributed by atoms with Gasteiger partial charge < -0.3 is 20.3 Å². The molecule has 0 saturated carbocycles. The third-order valence-corrected chi connectivity index (χ3v) is 5.68. The Morgan fingerprint density at radius 3 is 2.67 bits per heavy atom. The van der Waals surface area contributed by atoms with Crippen molar-refractivity contribution in [3.8, 4) is 0 Å². The molecule has 2 saturated heterocycles. The van der Waals surface area contributed by atoms with Crippen LogP contribution in [-0.4, -0.2) is 54.4 Å². The summed E-state index contributed by atoms with van der Waals surface area (Å²) in [6, 6.07) is 14.9. The van der Waals surface area contributed by atoms with Crippen LogP contribution in [-0.2, 0) is 19.1 Å². The second kappa shape index (κ2) is 9.83. The number of hydrogen-bond acceptors (Lipinski definition) is 5. The van der Waals surface area contributed by atoms with Gasteiger partial charge in [-0.05, 0) is 30.2 Å². The molecular formula is C24H26N4O5. The smallest absolute Gasteiger partial charge is 0.329 e. The molecule has 2 aliphatic heterocycles. The number of imide groups is 1. The number of nitrogens with one attached hydrogen (secondary N) is 2. The minimum absolute atomic E-state index is 0.0765. The lowest BCUT2D eigenvalue weighted by atomic mass is 10.1. The van der Waals surface area contributed by atoms with Gasteiger partial charge in [0.2, 0.25) is 11.8 Å². The molecule has 33 heavy (non-hydrogen) atoms. The Morgan fingerprint density at radius 1 is 1.12 bits per heavy atom. The largest absolute Gasteiger partial charge is 0.370 e. The molecule has 9 nitrogen and oxygen atoms in total. The van der Waals surface area contributed by atoms with Crippen LogP contribution in [0.4, 0.5) is 16.2 Å². The van der Waals surface area contributed by atoms with Crippen molar-refractivity contribution in [3.05, 3.63) is 60.2 Å². The van der Waals surface area contributed by atoms with Crippen LogP contribution in [0.15, 0.2) is 54.6 Å². The van der Waals surface area contributed by atoms with Gasteiger partial charge in [-0.15, -0.1) is 0 Å². The molecular weight excluding hydrogens is 424 g/mol. The van der Waals surface area contributed by atoms with Crippen LogP contribution in [0.3, 0.4) is 0 Å². The molecule has 4 rings (SSSR count). The number of rotatable bonds is 6. The average molecular weight is 450 g/mol. The SMILES string of the molecule is CC(=O)Nc1cccc(N2C(=O)N[C@H](CCC(=O)N3CCO[C@@H](c4ccccc4)C3)C2=O)c1. The summed E-state index contributed by atoms with van der Waals surface area (Å²) in [5.41, 5.74) is 1.86. The Labute approximate surface area is 191 Å². The number of morpholine rings is 1. The summed E-state index contributed by atoms with van der Waals surface area (Å²) < 4.78 is 5.81. The van der Waals surface area contributed by atoms with Gasteiger partial charge in [0.1, 0.15) is 12.1 Å². The number of carbonyl (C=O) groups is 4. The molecule has 2 aromatic carbocycles. The zero-order valence-corrected chi connectivity index (χ0v) is 18.3. The number of hydrogen-bond donors (Lipinski definition) is 2. The van der Waals surface area contributed by atoms with Crippen molar-refractivity contribution in [1.82, 2.24) is 10.2 Å². The Balaban J connectivity index is 1.35. The van der Waals surface area contributed by atoms with Gasteiger partial charge in [0, 0.05) is 25.6 Å². The van der Waals surface area contributed by atoms with Crippen molar-refractivity contribution >= 4 is 35.1 Å². The summed E-state index contributed by atoms with van der Waals surface area (Å²) in [6.07, 6.45) is 0.166. The molecule has 0 aliphatic carbocycles. The summed E-state index contributed by atoms with van der Waals surface area (Å²) >= 11 is 0. The monoisotopic (exact) mass is 450 g/mol. The molecule has 2 aromatic rings. The fourth-order valence-corrected chi connectivity index (χ4v) is 4.07. The number of urea groups is 1. The average Bonchev–Trinajstić information content (AvgIpc) is 3.10. The quantitative estimate of drug-likeness (QED) is 0.658. The predicted molar refractivity (Wildman–Crippen MR) is 122 cm³/mol. The Morgan fingerprint density at radius 2 is 1.91 bits per heavy atom. The minimum atomic E-state index is -0.781. The van der Waals surface area contributed by atoms with Crippen molar-refractivity contribution in [2.45, 2.75) is 31.9 Å². The van der Waals surface area contributed by atoms with Crippen molar-refractivity contribution in [1.29, 1.82) is 0 Å². The molecule has 2 N–H and O–H groups in total. The van der Waals surface area contributed by atoms with Crippen LogP contribution in [0.1, 0.15) is 31.4 Å². The van der Waals surface area contributed by atoms with E-state index in [1.807, 2.05) is 30.3 Å². The first-order valence-corrected chi connectivity index (χ1v) is 10.9. The molecule has 0 radical (unpaired) electrons. The van der Waals surface area contributed by atoms with Crippen molar-refractivity contribution in [2.24, 2.45) is 0 Å². The number of carbonyl (C=O) groups excluding carboxylic acids is 4. The van der Waals surface area contributed by atoms with Crippen LogP contribution in [0, 0.1) is 0 Å². The van der Waals surface area contributed by atoms with Crippen molar-refractivity contribution in [2.75, 3.05) is 29.9 Å². The van der Waals surface area contributed by atoms with Gasteiger partial charge in [0.05, 0.1) is 18.8 Å². The maximum absolute atomic E-state index is 12.9. The van der Waals surface area contributed by atoms with Crippen molar-refractivity contribution < 1.29 is 23.9 Å². The lowest BCUT2D eigenvalue weighted by Crippen LogP contribution is -2.43. The maximum Gasteiger partial charge on any atom is 0.329 e. The van der Waals surface area contributed by atoms with E-state index in [4.69, 9.17) is 4.74 Å². The van der Waals surface area contributed by atoms with E-state index in [2.05, 4.69) is 10.6 Å².